The molecule has 0 aromatic carbocycles. The lowest BCUT2D eigenvalue weighted by molar-refractivity contribution is -0.114. The molecule has 0 saturated heterocycles. The minimum Gasteiger partial charge on any atom is -0.509 e. The van der Waals surface area contributed by atoms with Crippen molar-refractivity contribution in [2.45, 2.75) is 12.8 Å². The van der Waals surface area contributed by atoms with Crippen LogP contribution >= 0.6 is 0 Å². The third kappa shape index (κ3) is 1.30. The zero-order valence-electron chi connectivity index (χ0n) is 6.10. The molecule has 1 aliphatic rings. The van der Waals surface area contributed by atoms with Gasteiger partial charge in [-0.25, -0.2) is 8.78 Å². The van der Waals surface area contributed by atoms with Crippen LogP contribution in [0, 0.1) is 0 Å². The van der Waals surface area contributed by atoms with Gasteiger partial charge in [0.1, 0.15) is 17.2 Å². The summed E-state index contributed by atoms with van der Waals surface area (Å²) >= 11 is 0. The van der Waals surface area contributed by atoms with E-state index in [2.05, 4.69) is 5.73 Å². The Morgan fingerprint density at radius 2 is 2.00 bits per heavy atom. The largest absolute Gasteiger partial charge is 0.509 e. The molecule has 0 fully saturated rings. The molecule has 12 heavy (non-hydrogen) atoms. The number of primary amides is 1. The molecule has 1 rings (SSSR count). The van der Waals surface area contributed by atoms with Crippen LogP contribution < -0.4 is 5.73 Å². The van der Waals surface area contributed by atoms with Crippen molar-refractivity contribution in [1.82, 2.24) is 0 Å². The maximum Gasteiger partial charge on any atom is 0.254 e. The van der Waals surface area contributed by atoms with Crippen LogP contribution in [0.3, 0.4) is 0 Å². The van der Waals surface area contributed by atoms with Crippen molar-refractivity contribution >= 4 is 5.91 Å². The fraction of sp³-hybridized carbons (Fsp3) is 0.286. The molecular weight excluding hydrogens is 168 g/mol. The van der Waals surface area contributed by atoms with Crippen LogP contribution in [0.15, 0.2) is 23.0 Å². The fourth-order valence-corrected chi connectivity index (χ4v) is 0.968. The van der Waals surface area contributed by atoms with Crippen LogP contribution in [0.5, 0.6) is 0 Å². The molecule has 0 heterocycles. The third-order valence-electron chi connectivity index (χ3n) is 1.57. The lowest BCUT2D eigenvalue weighted by Crippen LogP contribution is -2.18. The molecule has 0 atom stereocenters. The SMILES string of the molecule is NC(=O)C1=C(F)CCC(O)=C1F. The maximum atomic E-state index is 12.8. The Morgan fingerprint density at radius 1 is 1.42 bits per heavy atom. The van der Waals surface area contributed by atoms with Gasteiger partial charge in [0.05, 0.1) is 0 Å². The second-order valence-corrected chi connectivity index (χ2v) is 2.40. The molecule has 0 saturated carbocycles. The molecule has 3 N–H and O–H groups in total. The summed E-state index contributed by atoms with van der Waals surface area (Å²) in [4.78, 5) is 10.5. The van der Waals surface area contributed by atoms with E-state index >= 15 is 0 Å². The van der Waals surface area contributed by atoms with Gasteiger partial charge < -0.3 is 10.8 Å². The van der Waals surface area contributed by atoms with Crippen LogP contribution in [0.25, 0.3) is 0 Å². The zero-order chi connectivity index (χ0) is 9.30. The molecule has 0 aromatic rings. The van der Waals surface area contributed by atoms with Crippen molar-refractivity contribution in [1.29, 1.82) is 0 Å². The van der Waals surface area contributed by atoms with E-state index < -0.39 is 28.9 Å². The van der Waals surface area contributed by atoms with Gasteiger partial charge in [-0.2, -0.15) is 0 Å². The number of amides is 1. The van der Waals surface area contributed by atoms with Crippen LogP contribution in [0.1, 0.15) is 12.8 Å². The normalized spacial score (nSPS) is 18.5. The summed E-state index contributed by atoms with van der Waals surface area (Å²) in [6.07, 6.45) is -0.314. The second kappa shape index (κ2) is 2.92. The molecule has 5 heteroatoms. The highest BCUT2D eigenvalue weighted by Crippen LogP contribution is 2.30. The second-order valence-electron chi connectivity index (χ2n) is 2.40. The first-order valence-electron chi connectivity index (χ1n) is 3.30. The van der Waals surface area contributed by atoms with Gasteiger partial charge in [-0.05, 0) is 0 Å². The Labute approximate surface area is 67.2 Å². The average Bonchev–Trinajstić information content (AvgIpc) is 1.97. The Kier molecular flexibility index (Phi) is 2.12. The molecule has 1 amide bonds. The van der Waals surface area contributed by atoms with Crippen molar-refractivity contribution in [2.75, 3.05) is 0 Å². The van der Waals surface area contributed by atoms with E-state index in [4.69, 9.17) is 5.11 Å². The molecule has 66 valence electrons. The van der Waals surface area contributed by atoms with Crippen LogP contribution in [-0.2, 0) is 4.79 Å². The van der Waals surface area contributed by atoms with E-state index in [1.165, 1.54) is 0 Å². The van der Waals surface area contributed by atoms with Crippen molar-refractivity contribution in [3.63, 3.8) is 0 Å². The van der Waals surface area contributed by atoms with Crippen LogP contribution in [0.2, 0.25) is 0 Å². The standard InChI is InChI=1S/C7H7F2NO2/c8-3-1-2-4(11)6(9)5(3)7(10)12/h11H,1-2H2,(H2,10,12). The Bertz CT molecular complexity index is 294. The predicted molar refractivity (Wildman–Crippen MR) is 37.3 cm³/mol. The third-order valence-corrected chi connectivity index (χ3v) is 1.57. The van der Waals surface area contributed by atoms with Gasteiger partial charge in [-0.3, -0.25) is 4.79 Å². The molecule has 0 spiro atoms. The summed E-state index contributed by atoms with van der Waals surface area (Å²) in [7, 11) is 0. The zero-order valence-corrected chi connectivity index (χ0v) is 6.10. The number of aliphatic hydroxyl groups is 1. The number of hydrogen-bond donors (Lipinski definition) is 2. The predicted octanol–water partition coefficient (Wildman–Crippen LogP) is 1.23. The van der Waals surface area contributed by atoms with E-state index in [1.807, 2.05) is 0 Å². The monoisotopic (exact) mass is 175 g/mol. The number of halogens is 2. The fourth-order valence-electron chi connectivity index (χ4n) is 0.968. The van der Waals surface area contributed by atoms with Gasteiger partial charge >= 0.3 is 0 Å². The summed E-state index contributed by atoms with van der Waals surface area (Å²) in [5, 5.41) is 8.81. The maximum absolute atomic E-state index is 12.8. The lowest BCUT2D eigenvalue weighted by atomic mass is 10.0. The molecule has 0 unspecified atom stereocenters. The van der Waals surface area contributed by atoms with Crippen molar-refractivity contribution in [2.24, 2.45) is 5.73 Å². The summed E-state index contributed by atoms with van der Waals surface area (Å²) in [5.41, 5.74) is 3.85. The number of carbonyl (C=O) groups excluding carboxylic acids is 1. The number of nitrogens with two attached hydrogens (primary N) is 1. The Morgan fingerprint density at radius 3 is 2.42 bits per heavy atom. The summed E-state index contributed by atoms with van der Waals surface area (Å²) < 4.78 is 25.5. The number of aliphatic hydroxyl groups excluding tert-OH is 1. The van der Waals surface area contributed by atoms with Crippen molar-refractivity contribution in [3.05, 3.63) is 23.0 Å². The molecular formula is C7H7F2NO2. The minimum atomic E-state index is -1.24. The van der Waals surface area contributed by atoms with E-state index in [1.54, 1.807) is 0 Å². The van der Waals surface area contributed by atoms with Gasteiger partial charge in [0.25, 0.3) is 5.91 Å². The van der Waals surface area contributed by atoms with Gasteiger partial charge in [0.15, 0.2) is 5.83 Å². The summed E-state index contributed by atoms with van der Waals surface area (Å²) in [6, 6.07) is 0. The number of hydrogen-bond acceptors (Lipinski definition) is 2. The summed E-state index contributed by atoms with van der Waals surface area (Å²) in [5.74, 6) is -3.97. The highest BCUT2D eigenvalue weighted by molar-refractivity contribution is 5.96. The first-order valence-corrected chi connectivity index (χ1v) is 3.30. The number of rotatable bonds is 1. The highest BCUT2D eigenvalue weighted by Gasteiger charge is 2.25. The van der Waals surface area contributed by atoms with E-state index in [-0.39, 0.29) is 12.8 Å². The van der Waals surface area contributed by atoms with Crippen LogP contribution in [0.4, 0.5) is 8.78 Å². The molecule has 0 bridgehead atoms. The topological polar surface area (TPSA) is 63.3 Å². The Hall–Kier alpha value is -1.39. The molecule has 0 radical (unpaired) electrons. The minimum absolute atomic E-state index is 0.131. The quantitative estimate of drug-likeness (QED) is 0.629. The van der Waals surface area contributed by atoms with Gasteiger partial charge in [-0.15, -0.1) is 0 Å². The Balaban J connectivity index is 3.16. The smallest absolute Gasteiger partial charge is 0.254 e. The van der Waals surface area contributed by atoms with E-state index in [0.29, 0.717) is 0 Å². The van der Waals surface area contributed by atoms with Crippen LogP contribution in [-0.4, -0.2) is 11.0 Å². The van der Waals surface area contributed by atoms with Crippen molar-refractivity contribution < 1.29 is 18.7 Å². The summed E-state index contributed by atoms with van der Waals surface area (Å²) in [6.45, 7) is 0. The first kappa shape index (κ1) is 8.70. The molecule has 0 aromatic heterocycles. The molecule has 3 nitrogen and oxygen atoms in total. The molecule has 0 aliphatic heterocycles. The van der Waals surface area contributed by atoms with E-state index in [9.17, 15) is 13.6 Å². The highest BCUT2D eigenvalue weighted by atomic mass is 19.1. The first-order chi connectivity index (χ1) is 5.54. The number of allylic oxidation sites excluding steroid dienone is 2. The van der Waals surface area contributed by atoms with Crippen molar-refractivity contribution in [3.8, 4) is 0 Å². The molecule has 1 aliphatic carbocycles. The van der Waals surface area contributed by atoms with Gasteiger partial charge in [0.2, 0.25) is 0 Å². The van der Waals surface area contributed by atoms with Gasteiger partial charge in [0, 0.05) is 12.8 Å². The lowest BCUT2D eigenvalue weighted by Gasteiger charge is -2.11. The average molecular weight is 175 g/mol. The van der Waals surface area contributed by atoms with Gasteiger partial charge in [-0.1, -0.05) is 0 Å². The number of carbonyl (C=O) groups is 1. The van der Waals surface area contributed by atoms with E-state index in [0.717, 1.165) is 0 Å².